The third-order valence-electron chi connectivity index (χ3n) is 3.54. The molecule has 2 aromatic heterocycles. The van der Waals surface area contributed by atoms with Crippen LogP contribution in [0.3, 0.4) is 0 Å². The molecule has 0 aliphatic carbocycles. The van der Waals surface area contributed by atoms with Gasteiger partial charge in [0, 0.05) is 18.4 Å². The highest BCUT2D eigenvalue weighted by Gasteiger charge is 2.12. The van der Waals surface area contributed by atoms with Gasteiger partial charge in [0.1, 0.15) is 0 Å². The van der Waals surface area contributed by atoms with E-state index in [2.05, 4.69) is 27.4 Å². The molecule has 0 aliphatic rings. The summed E-state index contributed by atoms with van der Waals surface area (Å²) in [7, 11) is 0. The highest BCUT2D eigenvalue weighted by Crippen LogP contribution is 2.22. The zero-order chi connectivity index (χ0) is 17.2. The number of hydrogen-bond acceptors (Lipinski definition) is 6. The Bertz CT molecular complexity index is 618. The Labute approximate surface area is 146 Å². The lowest BCUT2D eigenvalue weighted by molar-refractivity contribution is -0.119. The number of carbonyl (C=O) groups excluding carboxylic acids is 1. The van der Waals surface area contributed by atoms with Crippen LogP contribution in [0.5, 0.6) is 0 Å². The molecular formula is C17H24N4O2S. The molecule has 24 heavy (non-hydrogen) atoms. The predicted molar refractivity (Wildman–Crippen MR) is 94.6 cm³/mol. The lowest BCUT2D eigenvalue weighted by atomic mass is 10.1. The van der Waals surface area contributed by atoms with Crippen LogP contribution in [0.25, 0.3) is 11.5 Å². The van der Waals surface area contributed by atoms with Crippen LogP contribution < -0.4 is 5.32 Å². The van der Waals surface area contributed by atoms with Gasteiger partial charge in [-0.2, -0.15) is 0 Å². The highest BCUT2D eigenvalue weighted by atomic mass is 32.2. The zero-order valence-corrected chi connectivity index (χ0v) is 15.0. The number of unbranched alkanes of at least 4 members (excludes halogenated alkanes) is 3. The van der Waals surface area contributed by atoms with Crippen molar-refractivity contribution in [3.8, 4) is 11.5 Å². The van der Waals surface area contributed by atoms with E-state index in [-0.39, 0.29) is 17.7 Å². The number of rotatable bonds is 10. The Morgan fingerprint density at radius 3 is 2.96 bits per heavy atom. The van der Waals surface area contributed by atoms with Crippen molar-refractivity contribution in [3.05, 3.63) is 24.5 Å². The second kappa shape index (κ2) is 10.1. The van der Waals surface area contributed by atoms with Crippen LogP contribution in [0.1, 0.15) is 46.0 Å². The third kappa shape index (κ3) is 6.31. The fraction of sp³-hybridized carbons (Fsp3) is 0.529. The topological polar surface area (TPSA) is 80.9 Å². The van der Waals surface area contributed by atoms with Gasteiger partial charge >= 0.3 is 0 Å². The summed E-state index contributed by atoms with van der Waals surface area (Å²) < 4.78 is 5.54. The molecule has 130 valence electrons. The molecule has 0 saturated carbocycles. The fourth-order valence-corrected chi connectivity index (χ4v) is 2.84. The summed E-state index contributed by atoms with van der Waals surface area (Å²) in [4.78, 5) is 16.0. The van der Waals surface area contributed by atoms with Crippen LogP contribution in [-0.4, -0.2) is 32.9 Å². The molecule has 6 nitrogen and oxygen atoms in total. The monoisotopic (exact) mass is 348 g/mol. The Balaban J connectivity index is 1.71. The van der Waals surface area contributed by atoms with Crippen molar-refractivity contribution in [1.82, 2.24) is 20.5 Å². The van der Waals surface area contributed by atoms with E-state index in [1.165, 1.54) is 31.0 Å². The van der Waals surface area contributed by atoms with Gasteiger partial charge in [0.05, 0.1) is 11.3 Å². The average molecular weight is 348 g/mol. The number of thioether (sulfide) groups is 1. The molecule has 7 heteroatoms. The van der Waals surface area contributed by atoms with Gasteiger partial charge in [-0.15, -0.1) is 10.2 Å². The molecule has 0 saturated heterocycles. The zero-order valence-electron chi connectivity index (χ0n) is 14.2. The Kier molecular flexibility index (Phi) is 7.74. The first-order valence-corrected chi connectivity index (χ1v) is 9.33. The lowest BCUT2D eigenvalue weighted by Crippen LogP contribution is -2.33. The molecule has 1 atom stereocenters. The number of amides is 1. The summed E-state index contributed by atoms with van der Waals surface area (Å²) in [5.41, 5.74) is 0.766. The number of hydrogen-bond donors (Lipinski definition) is 1. The van der Waals surface area contributed by atoms with Crippen molar-refractivity contribution in [1.29, 1.82) is 0 Å². The number of carbonyl (C=O) groups is 1. The Morgan fingerprint density at radius 2 is 2.21 bits per heavy atom. The van der Waals surface area contributed by atoms with E-state index in [1.54, 1.807) is 12.4 Å². The van der Waals surface area contributed by atoms with E-state index in [9.17, 15) is 4.79 Å². The van der Waals surface area contributed by atoms with E-state index < -0.39 is 0 Å². The summed E-state index contributed by atoms with van der Waals surface area (Å²) >= 11 is 1.25. The van der Waals surface area contributed by atoms with Gasteiger partial charge in [-0.25, -0.2) is 0 Å². The van der Waals surface area contributed by atoms with Crippen LogP contribution in [0.4, 0.5) is 0 Å². The molecule has 0 unspecified atom stereocenters. The van der Waals surface area contributed by atoms with Crippen LogP contribution >= 0.6 is 11.8 Å². The Hall–Kier alpha value is -1.89. The van der Waals surface area contributed by atoms with Crippen molar-refractivity contribution >= 4 is 17.7 Å². The van der Waals surface area contributed by atoms with Crippen molar-refractivity contribution < 1.29 is 9.21 Å². The van der Waals surface area contributed by atoms with Crippen LogP contribution in [0.2, 0.25) is 0 Å². The molecule has 0 bridgehead atoms. The molecular weight excluding hydrogens is 324 g/mol. The predicted octanol–water partition coefficient (Wildman–Crippen LogP) is 3.70. The molecule has 1 N–H and O–H groups in total. The third-order valence-corrected chi connectivity index (χ3v) is 4.36. The number of aromatic nitrogens is 3. The van der Waals surface area contributed by atoms with Gasteiger partial charge in [-0.1, -0.05) is 44.4 Å². The molecule has 0 radical (unpaired) electrons. The van der Waals surface area contributed by atoms with Gasteiger partial charge in [0.2, 0.25) is 11.8 Å². The summed E-state index contributed by atoms with van der Waals surface area (Å²) in [6.07, 6.45) is 9.22. The van der Waals surface area contributed by atoms with Gasteiger partial charge in [0.25, 0.3) is 5.22 Å². The van der Waals surface area contributed by atoms with Crippen molar-refractivity contribution in [2.24, 2.45) is 0 Å². The second-order valence-corrected chi connectivity index (χ2v) is 6.65. The molecule has 0 spiro atoms. The second-order valence-electron chi connectivity index (χ2n) is 5.72. The smallest absolute Gasteiger partial charge is 0.277 e. The summed E-state index contributed by atoms with van der Waals surface area (Å²) in [6.45, 7) is 4.24. The van der Waals surface area contributed by atoms with E-state index in [0.29, 0.717) is 11.1 Å². The minimum atomic E-state index is -0.0101. The number of pyridine rings is 1. The lowest BCUT2D eigenvalue weighted by Gasteiger charge is -2.13. The van der Waals surface area contributed by atoms with Crippen LogP contribution in [0.15, 0.2) is 34.2 Å². The summed E-state index contributed by atoms with van der Waals surface area (Å²) in [6, 6.07) is 3.85. The first-order valence-electron chi connectivity index (χ1n) is 8.35. The Morgan fingerprint density at radius 1 is 1.33 bits per heavy atom. The van der Waals surface area contributed by atoms with E-state index >= 15 is 0 Å². The fourth-order valence-electron chi connectivity index (χ4n) is 2.27. The standard InChI is InChI=1S/C17H24N4O2S/c1-3-4-5-6-8-13(2)19-15(22)12-24-17-21-20-16(23-17)14-9-7-10-18-11-14/h7,9-11,13H,3-6,8,12H2,1-2H3,(H,19,22)/t13-/m0/s1. The average Bonchev–Trinajstić information content (AvgIpc) is 3.07. The van der Waals surface area contributed by atoms with Gasteiger partial charge in [0.15, 0.2) is 0 Å². The van der Waals surface area contributed by atoms with Gasteiger partial charge in [-0.05, 0) is 25.5 Å². The minimum Gasteiger partial charge on any atom is -0.411 e. The quantitative estimate of drug-likeness (QED) is 0.521. The molecule has 1 amide bonds. The maximum absolute atomic E-state index is 12.0. The first-order chi connectivity index (χ1) is 11.7. The molecule has 0 aromatic carbocycles. The maximum Gasteiger partial charge on any atom is 0.277 e. The largest absolute Gasteiger partial charge is 0.411 e. The SMILES string of the molecule is CCCCCC[C@H](C)NC(=O)CSc1nnc(-c2cccnc2)o1. The van der Waals surface area contributed by atoms with Crippen LogP contribution in [-0.2, 0) is 4.79 Å². The molecule has 0 aliphatic heterocycles. The van der Waals surface area contributed by atoms with E-state index in [1.807, 2.05) is 19.1 Å². The van der Waals surface area contributed by atoms with E-state index in [0.717, 1.165) is 18.4 Å². The van der Waals surface area contributed by atoms with Gasteiger partial charge < -0.3 is 9.73 Å². The van der Waals surface area contributed by atoms with Crippen molar-refractivity contribution in [3.63, 3.8) is 0 Å². The molecule has 2 aromatic rings. The van der Waals surface area contributed by atoms with Crippen molar-refractivity contribution in [2.75, 3.05) is 5.75 Å². The molecule has 2 heterocycles. The van der Waals surface area contributed by atoms with Crippen molar-refractivity contribution in [2.45, 2.75) is 57.2 Å². The number of nitrogens with zero attached hydrogens (tertiary/aromatic N) is 3. The van der Waals surface area contributed by atoms with E-state index in [4.69, 9.17) is 4.42 Å². The molecule has 0 fully saturated rings. The van der Waals surface area contributed by atoms with Crippen LogP contribution in [0, 0.1) is 0 Å². The minimum absolute atomic E-state index is 0.0101. The highest BCUT2D eigenvalue weighted by molar-refractivity contribution is 7.99. The summed E-state index contributed by atoms with van der Waals surface area (Å²) in [5, 5.41) is 11.3. The maximum atomic E-state index is 12.0. The van der Waals surface area contributed by atoms with Gasteiger partial charge in [-0.3, -0.25) is 9.78 Å². The summed E-state index contributed by atoms with van der Waals surface area (Å²) in [5.74, 6) is 0.674. The normalized spacial score (nSPS) is 12.1. The number of nitrogens with one attached hydrogen (secondary N) is 1. The molecule has 2 rings (SSSR count). The first kappa shape index (κ1) is 18.4.